The van der Waals surface area contributed by atoms with Gasteiger partial charge in [-0.1, -0.05) is 6.92 Å². The van der Waals surface area contributed by atoms with E-state index in [1.54, 1.807) is 0 Å². The third-order valence-electron chi connectivity index (χ3n) is 2.75. The Morgan fingerprint density at radius 2 is 2.47 bits per heavy atom. The van der Waals surface area contributed by atoms with Crippen molar-refractivity contribution in [3.8, 4) is 6.07 Å². The zero-order valence-corrected chi connectivity index (χ0v) is 9.24. The molecule has 1 rings (SSSR count). The van der Waals surface area contributed by atoms with Crippen LogP contribution in [-0.4, -0.2) is 43.5 Å². The van der Waals surface area contributed by atoms with Crippen LogP contribution in [0.3, 0.4) is 0 Å². The summed E-state index contributed by atoms with van der Waals surface area (Å²) in [5.74, 6) is 0.341. The van der Waals surface area contributed by atoms with Crippen molar-refractivity contribution in [3.05, 3.63) is 0 Å². The molecular weight excluding hydrogens is 192 g/mol. The highest BCUT2D eigenvalue weighted by molar-refractivity contribution is 5.83. The molecule has 0 bridgehead atoms. The van der Waals surface area contributed by atoms with Crippen LogP contribution >= 0.6 is 0 Å². The fourth-order valence-electron chi connectivity index (χ4n) is 1.70. The lowest BCUT2D eigenvalue weighted by Gasteiger charge is -2.19. The fourth-order valence-corrected chi connectivity index (χ4v) is 1.70. The third-order valence-corrected chi connectivity index (χ3v) is 2.75. The van der Waals surface area contributed by atoms with Gasteiger partial charge in [-0.15, -0.1) is 0 Å². The molecular formula is C11H18N2O2. The predicted octanol–water partition coefficient (Wildman–Crippen LogP) is 0.828. The Morgan fingerprint density at radius 3 is 3.00 bits per heavy atom. The van der Waals surface area contributed by atoms with Crippen LogP contribution in [0.15, 0.2) is 0 Å². The quantitative estimate of drug-likeness (QED) is 0.651. The molecule has 1 heterocycles. The van der Waals surface area contributed by atoms with Gasteiger partial charge >= 0.3 is 0 Å². The molecule has 0 aromatic carbocycles. The zero-order valence-electron chi connectivity index (χ0n) is 9.24. The van der Waals surface area contributed by atoms with E-state index in [1.807, 2.05) is 11.8 Å². The molecule has 0 spiro atoms. The van der Waals surface area contributed by atoms with Gasteiger partial charge in [0, 0.05) is 25.5 Å². The summed E-state index contributed by atoms with van der Waals surface area (Å²) in [5, 5.41) is 8.47. The molecule has 0 aromatic rings. The van der Waals surface area contributed by atoms with Crippen molar-refractivity contribution in [3.63, 3.8) is 0 Å². The summed E-state index contributed by atoms with van der Waals surface area (Å²) < 4.78 is 5.18. The average molecular weight is 210 g/mol. The van der Waals surface area contributed by atoms with E-state index in [-0.39, 0.29) is 11.7 Å². The Hall–Kier alpha value is -0.920. The highest BCUT2D eigenvalue weighted by Gasteiger charge is 2.24. The second-order valence-corrected chi connectivity index (χ2v) is 3.80. The topological polar surface area (TPSA) is 53.3 Å². The lowest BCUT2D eigenvalue weighted by Crippen LogP contribution is -2.34. The fraction of sp³-hybridized carbons (Fsp3) is 0.818. The number of hydrogen-bond donors (Lipinski definition) is 0. The normalized spacial score (nSPS) is 20.5. The van der Waals surface area contributed by atoms with E-state index in [0.29, 0.717) is 32.7 Å². The molecule has 1 unspecified atom stereocenters. The smallest absolute Gasteiger partial charge is 0.152 e. The van der Waals surface area contributed by atoms with Crippen molar-refractivity contribution >= 4 is 5.78 Å². The van der Waals surface area contributed by atoms with Gasteiger partial charge < -0.3 is 4.74 Å². The van der Waals surface area contributed by atoms with Gasteiger partial charge in [0.1, 0.15) is 0 Å². The van der Waals surface area contributed by atoms with Crippen molar-refractivity contribution in [2.24, 2.45) is 5.92 Å². The van der Waals surface area contributed by atoms with Crippen LogP contribution in [0.5, 0.6) is 0 Å². The molecule has 0 saturated carbocycles. The molecule has 1 aliphatic heterocycles. The molecule has 1 aliphatic rings. The van der Waals surface area contributed by atoms with Gasteiger partial charge in [0.25, 0.3) is 0 Å². The van der Waals surface area contributed by atoms with Crippen LogP contribution in [0.4, 0.5) is 0 Å². The zero-order chi connectivity index (χ0) is 11.1. The molecule has 15 heavy (non-hydrogen) atoms. The molecule has 4 heteroatoms. The highest BCUT2D eigenvalue weighted by Crippen LogP contribution is 2.13. The van der Waals surface area contributed by atoms with Crippen molar-refractivity contribution < 1.29 is 9.53 Å². The Bertz CT molecular complexity index is 241. The first-order chi connectivity index (χ1) is 7.27. The summed E-state index contributed by atoms with van der Waals surface area (Å²) in [4.78, 5) is 13.8. The summed E-state index contributed by atoms with van der Waals surface area (Å²) in [6.45, 7) is 5.27. The van der Waals surface area contributed by atoms with Gasteiger partial charge in [0.05, 0.1) is 19.2 Å². The number of rotatable bonds is 6. The molecule has 1 atom stereocenters. The van der Waals surface area contributed by atoms with Crippen molar-refractivity contribution in [1.82, 2.24) is 4.90 Å². The SMILES string of the molecule is CCN(CCC#N)CC(=O)C1CCOC1. The second-order valence-electron chi connectivity index (χ2n) is 3.80. The number of hydrogen-bond acceptors (Lipinski definition) is 4. The molecule has 4 nitrogen and oxygen atoms in total. The first kappa shape index (κ1) is 12.2. The summed E-state index contributed by atoms with van der Waals surface area (Å²) >= 11 is 0. The number of ketones is 1. The molecule has 84 valence electrons. The maximum atomic E-state index is 11.8. The van der Waals surface area contributed by atoms with Crippen LogP contribution in [0.1, 0.15) is 19.8 Å². The first-order valence-corrected chi connectivity index (χ1v) is 5.47. The van der Waals surface area contributed by atoms with Crippen molar-refractivity contribution in [2.75, 3.05) is 32.8 Å². The molecule has 0 aromatic heterocycles. The Labute approximate surface area is 90.8 Å². The van der Waals surface area contributed by atoms with Gasteiger partial charge in [0.2, 0.25) is 0 Å². The standard InChI is InChI=1S/C11H18N2O2/c1-2-13(6-3-5-12)8-11(14)10-4-7-15-9-10/h10H,2-4,6-9H2,1H3. The van der Waals surface area contributed by atoms with Gasteiger partial charge in [-0.05, 0) is 13.0 Å². The summed E-state index contributed by atoms with van der Waals surface area (Å²) in [6.07, 6.45) is 1.34. The number of nitrogens with zero attached hydrogens (tertiary/aromatic N) is 2. The van der Waals surface area contributed by atoms with E-state index in [4.69, 9.17) is 10.00 Å². The third kappa shape index (κ3) is 3.98. The Kier molecular flexibility index (Phi) is 5.30. The van der Waals surface area contributed by atoms with Gasteiger partial charge in [-0.3, -0.25) is 9.69 Å². The van der Waals surface area contributed by atoms with Gasteiger partial charge in [0.15, 0.2) is 5.78 Å². The molecule has 0 aliphatic carbocycles. The van der Waals surface area contributed by atoms with Crippen LogP contribution in [0.2, 0.25) is 0 Å². The van der Waals surface area contributed by atoms with Crippen LogP contribution in [-0.2, 0) is 9.53 Å². The van der Waals surface area contributed by atoms with Crippen LogP contribution < -0.4 is 0 Å². The van der Waals surface area contributed by atoms with E-state index < -0.39 is 0 Å². The largest absolute Gasteiger partial charge is 0.381 e. The lowest BCUT2D eigenvalue weighted by molar-refractivity contribution is -0.123. The van der Waals surface area contributed by atoms with E-state index in [9.17, 15) is 4.79 Å². The van der Waals surface area contributed by atoms with Gasteiger partial charge in [-0.25, -0.2) is 0 Å². The molecule has 0 N–H and O–H groups in total. The predicted molar refractivity (Wildman–Crippen MR) is 56.3 cm³/mol. The summed E-state index contributed by atoms with van der Waals surface area (Å²) in [7, 11) is 0. The highest BCUT2D eigenvalue weighted by atomic mass is 16.5. The first-order valence-electron chi connectivity index (χ1n) is 5.47. The number of carbonyl (C=O) groups is 1. The Morgan fingerprint density at radius 1 is 1.67 bits per heavy atom. The van der Waals surface area contributed by atoms with E-state index in [2.05, 4.69) is 6.07 Å². The second kappa shape index (κ2) is 6.54. The number of likely N-dealkylation sites (N-methyl/N-ethyl adjacent to an activating group) is 1. The van der Waals surface area contributed by atoms with E-state index >= 15 is 0 Å². The van der Waals surface area contributed by atoms with E-state index in [1.165, 1.54) is 0 Å². The summed E-state index contributed by atoms with van der Waals surface area (Å²) in [5.41, 5.74) is 0. The summed E-state index contributed by atoms with van der Waals surface area (Å²) in [6, 6.07) is 2.10. The van der Waals surface area contributed by atoms with Crippen LogP contribution in [0, 0.1) is 17.2 Å². The molecule has 0 amide bonds. The maximum absolute atomic E-state index is 11.8. The number of nitriles is 1. The minimum atomic E-state index is 0.0844. The number of Topliss-reactive ketones (excluding diaryl/α,β-unsaturated/α-hetero) is 1. The molecule has 1 saturated heterocycles. The minimum Gasteiger partial charge on any atom is -0.381 e. The van der Waals surface area contributed by atoms with E-state index in [0.717, 1.165) is 13.0 Å². The molecule has 1 fully saturated rings. The maximum Gasteiger partial charge on any atom is 0.152 e. The minimum absolute atomic E-state index is 0.0844. The average Bonchev–Trinajstić information content (AvgIpc) is 2.77. The monoisotopic (exact) mass is 210 g/mol. The number of ether oxygens (including phenoxy) is 1. The van der Waals surface area contributed by atoms with Gasteiger partial charge in [-0.2, -0.15) is 5.26 Å². The molecule has 0 radical (unpaired) electrons. The van der Waals surface area contributed by atoms with Crippen molar-refractivity contribution in [1.29, 1.82) is 5.26 Å². The Balaban J connectivity index is 2.30. The van der Waals surface area contributed by atoms with Crippen LogP contribution in [0.25, 0.3) is 0 Å². The lowest BCUT2D eigenvalue weighted by atomic mass is 10.0. The van der Waals surface area contributed by atoms with Crippen molar-refractivity contribution in [2.45, 2.75) is 19.8 Å². The number of carbonyl (C=O) groups excluding carboxylic acids is 1.